The highest BCUT2D eigenvalue weighted by atomic mass is 32.1. The second-order valence-corrected chi connectivity index (χ2v) is 6.28. The van der Waals surface area contributed by atoms with Crippen LogP contribution < -0.4 is 5.32 Å². The van der Waals surface area contributed by atoms with Gasteiger partial charge in [-0.2, -0.15) is 16.4 Å². The average molecular weight is 320 g/mol. The molecule has 2 aromatic heterocycles. The molecule has 3 rings (SSSR count). The number of ether oxygens (including phenoxy) is 1. The maximum Gasteiger partial charge on any atom is 0.317 e. The SMILES string of the molecule is C[C@@H]1CN(C(=O)NCc2ccnn2C)C[C@H](c2ccsc2)O1. The average Bonchev–Trinajstić information content (AvgIpc) is 3.15. The van der Waals surface area contributed by atoms with E-state index in [1.165, 1.54) is 0 Å². The lowest BCUT2D eigenvalue weighted by molar-refractivity contribution is -0.0655. The van der Waals surface area contributed by atoms with Crippen molar-refractivity contribution in [3.63, 3.8) is 0 Å². The number of hydrogen-bond donors (Lipinski definition) is 1. The number of nitrogens with one attached hydrogen (secondary N) is 1. The predicted molar refractivity (Wildman–Crippen MR) is 84.6 cm³/mol. The van der Waals surface area contributed by atoms with E-state index in [0.717, 1.165) is 11.3 Å². The number of thiophene rings is 1. The predicted octanol–water partition coefficient (Wildman–Crippen LogP) is 2.15. The minimum absolute atomic E-state index is 0.0288. The highest BCUT2D eigenvalue weighted by molar-refractivity contribution is 7.07. The lowest BCUT2D eigenvalue weighted by Gasteiger charge is -2.36. The topological polar surface area (TPSA) is 59.4 Å². The summed E-state index contributed by atoms with van der Waals surface area (Å²) in [6.07, 6.45) is 1.71. The molecule has 0 bridgehead atoms. The Hall–Kier alpha value is -1.86. The van der Waals surface area contributed by atoms with Gasteiger partial charge in [-0.05, 0) is 35.4 Å². The van der Waals surface area contributed by atoms with Crippen LogP contribution in [0.15, 0.2) is 29.1 Å². The van der Waals surface area contributed by atoms with Gasteiger partial charge in [-0.25, -0.2) is 4.79 Å². The minimum atomic E-state index is -0.0587. The zero-order valence-electron chi connectivity index (χ0n) is 12.7. The van der Waals surface area contributed by atoms with Crippen molar-refractivity contribution >= 4 is 17.4 Å². The third kappa shape index (κ3) is 3.31. The molecule has 7 heteroatoms. The summed E-state index contributed by atoms with van der Waals surface area (Å²) in [4.78, 5) is 14.2. The van der Waals surface area contributed by atoms with Crippen molar-refractivity contribution in [2.45, 2.75) is 25.7 Å². The largest absolute Gasteiger partial charge is 0.367 e. The van der Waals surface area contributed by atoms with Gasteiger partial charge in [-0.1, -0.05) is 0 Å². The van der Waals surface area contributed by atoms with Crippen LogP contribution in [-0.4, -0.2) is 39.9 Å². The number of nitrogens with zero attached hydrogens (tertiary/aromatic N) is 3. The molecule has 2 atom stereocenters. The Labute approximate surface area is 133 Å². The summed E-state index contributed by atoms with van der Waals surface area (Å²) >= 11 is 1.65. The molecule has 2 aromatic rings. The molecule has 0 saturated carbocycles. The zero-order valence-corrected chi connectivity index (χ0v) is 13.5. The summed E-state index contributed by atoms with van der Waals surface area (Å²) in [6.45, 7) is 3.67. The lowest BCUT2D eigenvalue weighted by Crippen LogP contribution is -2.49. The smallest absolute Gasteiger partial charge is 0.317 e. The Balaban J connectivity index is 1.60. The molecule has 1 saturated heterocycles. The van der Waals surface area contributed by atoms with Gasteiger partial charge < -0.3 is 15.0 Å². The highest BCUT2D eigenvalue weighted by Gasteiger charge is 2.29. The van der Waals surface area contributed by atoms with Gasteiger partial charge in [0.1, 0.15) is 6.10 Å². The van der Waals surface area contributed by atoms with E-state index in [0.29, 0.717) is 19.6 Å². The molecule has 0 spiro atoms. The van der Waals surface area contributed by atoms with Crippen molar-refractivity contribution < 1.29 is 9.53 Å². The first-order valence-electron chi connectivity index (χ1n) is 7.30. The van der Waals surface area contributed by atoms with E-state index in [1.54, 1.807) is 22.2 Å². The van der Waals surface area contributed by atoms with Crippen LogP contribution in [0.3, 0.4) is 0 Å². The zero-order chi connectivity index (χ0) is 15.5. The summed E-state index contributed by atoms with van der Waals surface area (Å²) in [5.41, 5.74) is 2.12. The molecule has 0 unspecified atom stereocenters. The van der Waals surface area contributed by atoms with E-state index in [-0.39, 0.29) is 18.2 Å². The van der Waals surface area contributed by atoms with Gasteiger partial charge in [-0.15, -0.1) is 0 Å². The molecule has 6 nitrogen and oxygen atoms in total. The van der Waals surface area contributed by atoms with E-state index in [4.69, 9.17) is 4.74 Å². The molecule has 22 heavy (non-hydrogen) atoms. The molecule has 0 radical (unpaired) electrons. The van der Waals surface area contributed by atoms with Crippen molar-refractivity contribution in [3.05, 3.63) is 40.3 Å². The summed E-state index contributed by atoms with van der Waals surface area (Å²) in [6, 6.07) is 3.90. The first-order chi connectivity index (χ1) is 10.6. The van der Waals surface area contributed by atoms with Crippen molar-refractivity contribution in [2.75, 3.05) is 13.1 Å². The van der Waals surface area contributed by atoms with E-state index >= 15 is 0 Å². The Bertz CT molecular complexity index is 625. The Morgan fingerprint density at radius 2 is 2.36 bits per heavy atom. The molecule has 3 heterocycles. The summed E-state index contributed by atoms with van der Waals surface area (Å²) in [5.74, 6) is 0. The van der Waals surface area contributed by atoms with Crippen LogP contribution in [0.25, 0.3) is 0 Å². The number of aryl methyl sites for hydroxylation is 1. The molecule has 2 amide bonds. The van der Waals surface area contributed by atoms with Crippen LogP contribution in [0.2, 0.25) is 0 Å². The van der Waals surface area contributed by atoms with Crippen LogP contribution in [0.1, 0.15) is 24.3 Å². The summed E-state index contributed by atoms with van der Waals surface area (Å²) in [5, 5.41) is 11.2. The molecular formula is C15H20N4O2S. The molecule has 1 fully saturated rings. The molecule has 0 aliphatic carbocycles. The molecule has 0 aromatic carbocycles. The first kappa shape index (κ1) is 15.1. The molecule has 1 aliphatic heterocycles. The monoisotopic (exact) mass is 320 g/mol. The number of carbonyl (C=O) groups is 1. The van der Waals surface area contributed by atoms with Gasteiger partial charge in [0.05, 0.1) is 24.9 Å². The van der Waals surface area contributed by atoms with Gasteiger partial charge in [-0.3, -0.25) is 4.68 Å². The number of carbonyl (C=O) groups excluding carboxylic acids is 1. The third-order valence-corrected chi connectivity index (χ3v) is 4.51. The van der Waals surface area contributed by atoms with Gasteiger partial charge in [0, 0.05) is 19.8 Å². The Morgan fingerprint density at radius 3 is 3.05 bits per heavy atom. The van der Waals surface area contributed by atoms with Crippen molar-refractivity contribution in [3.8, 4) is 0 Å². The van der Waals surface area contributed by atoms with Crippen molar-refractivity contribution in [1.29, 1.82) is 0 Å². The van der Waals surface area contributed by atoms with Crippen LogP contribution >= 0.6 is 11.3 Å². The van der Waals surface area contributed by atoms with Gasteiger partial charge >= 0.3 is 6.03 Å². The van der Waals surface area contributed by atoms with E-state index < -0.39 is 0 Å². The second kappa shape index (κ2) is 6.50. The van der Waals surface area contributed by atoms with Gasteiger partial charge in [0.25, 0.3) is 0 Å². The number of amides is 2. The third-order valence-electron chi connectivity index (χ3n) is 3.81. The standard InChI is InChI=1S/C15H20N4O2S/c1-11-8-19(9-14(21-11)12-4-6-22-10-12)15(20)16-7-13-3-5-17-18(13)2/h3-6,10-11,14H,7-9H2,1-2H3,(H,16,20)/t11-,14-/m1/s1. The van der Waals surface area contributed by atoms with E-state index in [2.05, 4.69) is 21.9 Å². The van der Waals surface area contributed by atoms with Crippen LogP contribution in [0, 0.1) is 0 Å². The number of rotatable bonds is 3. The van der Waals surface area contributed by atoms with E-state index in [1.807, 2.05) is 30.3 Å². The maximum atomic E-state index is 12.4. The normalized spacial score (nSPS) is 21.8. The molecule has 118 valence electrons. The van der Waals surface area contributed by atoms with Crippen molar-refractivity contribution in [2.24, 2.45) is 7.05 Å². The first-order valence-corrected chi connectivity index (χ1v) is 8.25. The lowest BCUT2D eigenvalue weighted by atomic mass is 10.1. The van der Waals surface area contributed by atoms with Crippen LogP contribution in [0.4, 0.5) is 4.79 Å². The Kier molecular flexibility index (Phi) is 4.44. The van der Waals surface area contributed by atoms with Gasteiger partial charge in [0.2, 0.25) is 0 Å². The number of aromatic nitrogens is 2. The number of morpholine rings is 1. The highest BCUT2D eigenvalue weighted by Crippen LogP contribution is 2.26. The minimum Gasteiger partial charge on any atom is -0.367 e. The molecular weight excluding hydrogens is 300 g/mol. The maximum absolute atomic E-state index is 12.4. The fourth-order valence-corrected chi connectivity index (χ4v) is 3.31. The molecule has 1 N–H and O–H groups in total. The van der Waals surface area contributed by atoms with E-state index in [9.17, 15) is 4.79 Å². The Morgan fingerprint density at radius 1 is 1.50 bits per heavy atom. The van der Waals surface area contributed by atoms with Crippen LogP contribution in [0.5, 0.6) is 0 Å². The fraction of sp³-hybridized carbons (Fsp3) is 0.467. The molecule has 1 aliphatic rings. The fourth-order valence-electron chi connectivity index (χ4n) is 2.61. The van der Waals surface area contributed by atoms with Crippen molar-refractivity contribution in [1.82, 2.24) is 20.0 Å². The summed E-state index contributed by atoms with van der Waals surface area (Å²) in [7, 11) is 1.87. The number of urea groups is 1. The quantitative estimate of drug-likeness (QED) is 0.943. The number of hydrogen-bond acceptors (Lipinski definition) is 4. The second-order valence-electron chi connectivity index (χ2n) is 5.50. The van der Waals surface area contributed by atoms with Crippen LogP contribution in [-0.2, 0) is 18.3 Å². The van der Waals surface area contributed by atoms with Gasteiger partial charge in [0.15, 0.2) is 0 Å². The summed E-state index contributed by atoms with van der Waals surface area (Å²) < 4.78 is 7.71.